The van der Waals surface area contributed by atoms with Crippen LogP contribution in [-0.2, 0) is 5.60 Å². The van der Waals surface area contributed by atoms with Crippen LogP contribution in [0.3, 0.4) is 0 Å². The van der Waals surface area contributed by atoms with Crippen LogP contribution >= 0.6 is 12.2 Å². The summed E-state index contributed by atoms with van der Waals surface area (Å²) in [6.07, 6.45) is 0. The molecule has 76 valence electrons. The lowest BCUT2D eigenvalue weighted by molar-refractivity contribution is 0.124. The van der Waals surface area contributed by atoms with Crippen molar-refractivity contribution in [3.63, 3.8) is 0 Å². The Bertz CT molecular complexity index is 319. The first-order valence-corrected chi connectivity index (χ1v) is 4.86. The summed E-state index contributed by atoms with van der Waals surface area (Å²) in [7, 11) is 3.67. The topological polar surface area (TPSA) is 23.5 Å². The molecule has 0 saturated heterocycles. The first-order valence-electron chi connectivity index (χ1n) is 4.46. The van der Waals surface area contributed by atoms with Crippen LogP contribution in [0.5, 0.6) is 0 Å². The predicted octanol–water partition coefficient (Wildman–Crippen LogP) is 1.78. The van der Waals surface area contributed by atoms with Gasteiger partial charge in [-0.2, -0.15) is 0 Å². The fourth-order valence-electron chi connectivity index (χ4n) is 1.32. The summed E-state index contributed by atoms with van der Waals surface area (Å²) in [5, 5.41) is 10.2. The lowest BCUT2D eigenvalue weighted by Crippen LogP contribution is -2.39. The Morgan fingerprint density at radius 3 is 2.21 bits per heavy atom. The van der Waals surface area contributed by atoms with Crippen LogP contribution in [-0.4, -0.2) is 29.1 Å². The van der Waals surface area contributed by atoms with E-state index >= 15 is 0 Å². The van der Waals surface area contributed by atoms with E-state index in [0.717, 1.165) is 5.56 Å². The molecular weight excluding hydrogens is 194 g/mol. The van der Waals surface area contributed by atoms with E-state index in [-0.39, 0.29) is 0 Å². The van der Waals surface area contributed by atoms with Gasteiger partial charge in [-0.25, -0.2) is 0 Å². The van der Waals surface area contributed by atoms with Crippen LogP contribution in [0.1, 0.15) is 12.5 Å². The molecule has 0 bridgehead atoms. The summed E-state index contributed by atoms with van der Waals surface area (Å²) in [6.45, 7) is 1.71. The molecule has 0 saturated carbocycles. The smallest absolute Gasteiger partial charge is 0.137 e. The number of hydrogen-bond donors (Lipinski definition) is 1. The second-order valence-electron chi connectivity index (χ2n) is 3.64. The highest BCUT2D eigenvalue weighted by molar-refractivity contribution is 7.80. The fraction of sp³-hybridized carbons (Fsp3) is 0.364. The number of aliphatic hydroxyl groups is 1. The zero-order valence-electron chi connectivity index (χ0n) is 8.69. The molecule has 0 fully saturated rings. The standard InChI is InChI=1S/C11H15NOS/c1-11(13,10(14)12(2)3)9-7-5-4-6-8-9/h4-8,13H,1-3H3/t11-/m0/s1. The van der Waals surface area contributed by atoms with Crippen molar-refractivity contribution in [1.82, 2.24) is 4.90 Å². The molecule has 0 heterocycles. The number of thiocarbonyl (C=S) groups is 1. The first-order chi connectivity index (χ1) is 6.46. The Kier molecular flexibility index (Phi) is 3.24. The van der Waals surface area contributed by atoms with Gasteiger partial charge in [0.05, 0.1) is 0 Å². The van der Waals surface area contributed by atoms with Crippen LogP contribution in [0.4, 0.5) is 0 Å². The Morgan fingerprint density at radius 1 is 1.29 bits per heavy atom. The molecular formula is C11H15NOS. The third-order valence-corrected chi connectivity index (χ3v) is 2.92. The molecule has 1 atom stereocenters. The second-order valence-corrected chi connectivity index (χ2v) is 4.02. The molecule has 0 aliphatic heterocycles. The largest absolute Gasteiger partial charge is 0.378 e. The Morgan fingerprint density at radius 2 is 1.79 bits per heavy atom. The van der Waals surface area contributed by atoms with Gasteiger partial charge in [0.1, 0.15) is 10.6 Å². The van der Waals surface area contributed by atoms with E-state index in [1.807, 2.05) is 44.4 Å². The average molecular weight is 209 g/mol. The van der Waals surface area contributed by atoms with Crippen molar-refractivity contribution in [3.8, 4) is 0 Å². The van der Waals surface area contributed by atoms with Crippen molar-refractivity contribution in [3.05, 3.63) is 35.9 Å². The fourth-order valence-corrected chi connectivity index (χ4v) is 1.44. The molecule has 0 radical (unpaired) electrons. The summed E-state index contributed by atoms with van der Waals surface area (Å²) >= 11 is 5.17. The second kappa shape index (κ2) is 4.07. The zero-order chi connectivity index (χ0) is 10.8. The van der Waals surface area contributed by atoms with Crippen molar-refractivity contribution in [2.75, 3.05) is 14.1 Å². The number of rotatable bonds is 2. The van der Waals surface area contributed by atoms with Crippen molar-refractivity contribution in [2.45, 2.75) is 12.5 Å². The van der Waals surface area contributed by atoms with E-state index in [1.54, 1.807) is 11.8 Å². The molecule has 14 heavy (non-hydrogen) atoms. The molecule has 1 aromatic rings. The summed E-state index contributed by atoms with van der Waals surface area (Å²) in [4.78, 5) is 2.27. The third kappa shape index (κ3) is 2.11. The Balaban J connectivity index is 3.02. The van der Waals surface area contributed by atoms with Crippen LogP contribution in [0.2, 0.25) is 0 Å². The van der Waals surface area contributed by atoms with E-state index in [0.29, 0.717) is 4.99 Å². The highest BCUT2D eigenvalue weighted by Gasteiger charge is 2.29. The van der Waals surface area contributed by atoms with Gasteiger partial charge >= 0.3 is 0 Å². The van der Waals surface area contributed by atoms with Gasteiger partial charge in [0, 0.05) is 14.1 Å². The predicted molar refractivity (Wildman–Crippen MR) is 62.3 cm³/mol. The number of likely N-dealkylation sites (N-methyl/N-ethyl adjacent to an activating group) is 1. The van der Waals surface area contributed by atoms with Gasteiger partial charge in [0.25, 0.3) is 0 Å². The lowest BCUT2D eigenvalue weighted by Gasteiger charge is -2.29. The van der Waals surface area contributed by atoms with Crippen LogP contribution in [0.25, 0.3) is 0 Å². The summed E-state index contributed by atoms with van der Waals surface area (Å²) in [5.41, 5.74) is -0.251. The minimum Gasteiger partial charge on any atom is -0.378 e. The molecule has 0 aromatic heterocycles. The maximum atomic E-state index is 10.2. The summed E-state index contributed by atoms with van der Waals surface area (Å²) in [6, 6.07) is 9.44. The van der Waals surface area contributed by atoms with Gasteiger partial charge in [-0.3, -0.25) is 0 Å². The average Bonchev–Trinajstić information content (AvgIpc) is 2.18. The van der Waals surface area contributed by atoms with E-state index < -0.39 is 5.60 Å². The highest BCUT2D eigenvalue weighted by atomic mass is 32.1. The molecule has 0 aliphatic carbocycles. The van der Waals surface area contributed by atoms with Gasteiger partial charge in [0.2, 0.25) is 0 Å². The summed E-state index contributed by atoms with van der Waals surface area (Å²) < 4.78 is 0. The molecule has 0 amide bonds. The highest BCUT2D eigenvalue weighted by Crippen LogP contribution is 2.22. The van der Waals surface area contributed by atoms with Crippen molar-refractivity contribution in [2.24, 2.45) is 0 Å². The quantitative estimate of drug-likeness (QED) is 0.751. The first kappa shape index (κ1) is 11.1. The Labute approximate surface area is 90.2 Å². The van der Waals surface area contributed by atoms with Crippen molar-refractivity contribution < 1.29 is 5.11 Å². The molecule has 2 nitrogen and oxygen atoms in total. The molecule has 1 aromatic carbocycles. The van der Waals surface area contributed by atoms with Crippen molar-refractivity contribution >= 4 is 17.2 Å². The van der Waals surface area contributed by atoms with Crippen LogP contribution in [0, 0.1) is 0 Å². The van der Waals surface area contributed by atoms with E-state index in [2.05, 4.69) is 0 Å². The SMILES string of the molecule is CN(C)C(=S)[C@@](C)(O)c1ccccc1. The molecule has 1 rings (SSSR count). The van der Waals surface area contributed by atoms with Crippen LogP contribution in [0.15, 0.2) is 30.3 Å². The number of nitrogens with zero attached hydrogens (tertiary/aromatic N) is 1. The molecule has 3 heteroatoms. The van der Waals surface area contributed by atoms with Gasteiger partial charge in [-0.1, -0.05) is 42.5 Å². The van der Waals surface area contributed by atoms with Gasteiger partial charge in [-0.05, 0) is 12.5 Å². The van der Waals surface area contributed by atoms with Gasteiger partial charge < -0.3 is 10.0 Å². The number of hydrogen-bond acceptors (Lipinski definition) is 2. The summed E-state index contributed by atoms with van der Waals surface area (Å²) in [5.74, 6) is 0. The molecule has 0 unspecified atom stereocenters. The molecule has 0 spiro atoms. The van der Waals surface area contributed by atoms with Gasteiger partial charge in [0.15, 0.2) is 0 Å². The third-order valence-electron chi connectivity index (χ3n) is 2.16. The van der Waals surface area contributed by atoms with Crippen LogP contribution < -0.4 is 0 Å². The minimum atomic E-state index is -1.07. The zero-order valence-corrected chi connectivity index (χ0v) is 9.51. The van der Waals surface area contributed by atoms with E-state index in [9.17, 15) is 5.11 Å². The monoisotopic (exact) mass is 209 g/mol. The lowest BCUT2D eigenvalue weighted by atomic mass is 9.95. The number of benzene rings is 1. The molecule has 1 N–H and O–H groups in total. The van der Waals surface area contributed by atoms with E-state index in [1.165, 1.54) is 0 Å². The maximum Gasteiger partial charge on any atom is 0.137 e. The van der Waals surface area contributed by atoms with Crippen molar-refractivity contribution in [1.29, 1.82) is 0 Å². The van der Waals surface area contributed by atoms with Gasteiger partial charge in [-0.15, -0.1) is 0 Å². The van der Waals surface area contributed by atoms with E-state index in [4.69, 9.17) is 12.2 Å². The minimum absolute atomic E-state index is 0.517. The normalized spacial score (nSPS) is 14.6. The maximum absolute atomic E-state index is 10.2. The molecule has 0 aliphatic rings. The Hall–Kier alpha value is -0.930.